The van der Waals surface area contributed by atoms with E-state index in [0.717, 1.165) is 37.2 Å². The van der Waals surface area contributed by atoms with Gasteiger partial charge in [0.25, 0.3) is 0 Å². The Morgan fingerprint density at radius 1 is 1.00 bits per heavy atom. The lowest BCUT2D eigenvalue weighted by molar-refractivity contribution is -0.136. The topological polar surface area (TPSA) is 64.7 Å². The van der Waals surface area contributed by atoms with Crippen LogP contribution in [0.2, 0.25) is 0 Å². The number of likely N-dealkylation sites (N-methyl/N-ethyl adjacent to an activating group) is 1. The molecule has 0 bridgehead atoms. The van der Waals surface area contributed by atoms with Gasteiger partial charge in [-0.3, -0.25) is 14.5 Å². The third kappa shape index (κ3) is 4.80. The van der Waals surface area contributed by atoms with Crippen molar-refractivity contribution in [2.75, 3.05) is 43.4 Å². The summed E-state index contributed by atoms with van der Waals surface area (Å²) in [4.78, 5) is 29.9. The van der Waals surface area contributed by atoms with Gasteiger partial charge in [-0.2, -0.15) is 0 Å². The largest absolute Gasteiger partial charge is 0.374 e. The van der Waals surface area contributed by atoms with Crippen molar-refractivity contribution in [3.63, 3.8) is 0 Å². The molecule has 1 saturated heterocycles. The highest BCUT2D eigenvalue weighted by Crippen LogP contribution is 2.32. The number of aryl methyl sites for hydroxylation is 1. The predicted molar refractivity (Wildman–Crippen MR) is 129 cm³/mol. The number of fused-ring (bicyclic) bond motifs is 1. The average Bonchev–Trinajstić information content (AvgIpc) is 3.17. The lowest BCUT2D eigenvalue weighted by Crippen LogP contribution is -2.43. The SMILES string of the molecule is Cc1cccc(NC(=O)C(=O)NC[C@@H](c2ccc3c(c2)CCN3C)N2CCCCC2)c1C. The van der Waals surface area contributed by atoms with Crippen molar-refractivity contribution in [3.05, 3.63) is 58.7 Å². The number of rotatable bonds is 5. The molecule has 2 aliphatic heterocycles. The van der Waals surface area contributed by atoms with Gasteiger partial charge in [0.1, 0.15) is 0 Å². The van der Waals surface area contributed by atoms with E-state index >= 15 is 0 Å². The number of piperidine rings is 1. The number of benzene rings is 2. The Bertz CT molecular complexity index is 997. The van der Waals surface area contributed by atoms with E-state index < -0.39 is 11.8 Å². The number of hydrogen-bond acceptors (Lipinski definition) is 4. The molecule has 0 spiro atoms. The molecular weight excluding hydrogens is 400 g/mol. The number of carbonyl (C=O) groups is 2. The second kappa shape index (κ2) is 9.74. The van der Waals surface area contributed by atoms with Crippen molar-refractivity contribution in [1.82, 2.24) is 10.2 Å². The highest BCUT2D eigenvalue weighted by molar-refractivity contribution is 6.39. The number of amides is 2. The highest BCUT2D eigenvalue weighted by Gasteiger charge is 2.26. The maximum Gasteiger partial charge on any atom is 0.313 e. The maximum atomic E-state index is 12.6. The Kier molecular flexibility index (Phi) is 6.80. The molecule has 0 unspecified atom stereocenters. The van der Waals surface area contributed by atoms with Gasteiger partial charge in [-0.05, 0) is 80.6 Å². The van der Waals surface area contributed by atoms with Crippen molar-refractivity contribution in [2.45, 2.75) is 45.6 Å². The molecule has 2 aliphatic rings. The van der Waals surface area contributed by atoms with E-state index in [4.69, 9.17) is 0 Å². The molecule has 1 atom stereocenters. The minimum absolute atomic E-state index is 0.0731. The van der Waals surface area contributed by atoms with Gasteiger partial charge in [0.2, 0.25) is 0 Å². The number of nitrogens with zero attached hydrogens (tertiary/aromatic N) is 2. The van der Waals surface area contributed by atoms with Gasteiger partial charge in [-0.25, -0.2) is 0 Å². The van der Waals surface area contributed by atoms with Gasteiger partial charge < -0.3 is 15.5 Å². The van der Waals surface area contributed by atoms with Crippen LogP contribution in [0.15, 0.2) is 36.4 Å². The Balaban J connectivity index is 1.46. The molecule has 2 N–H and O–H groups in total. The van der Waals surface area contributed by atoms with E-state index in [1.807, 2.05) is 32.0 Å². The summed E-state index contributed by atoms with van der Waals surface area (Å²) in [6, 6.07) is 12.4. The van der Waals surface area contributed by atoms with Crippen LogP contribution in [0.5, 0.6) is 0 Å². The lowest BCUT2D eigenvalue weighted by Gasteiger charge is -2.35. The van der Waals surface area contributed by atoms with E-state index in [1.165, 1.54) is 36.1 Å². The molecule has 6 nitrogen and oxygen atoms in total. The Morgan fingerprint density at radius 3 is 2.56 bits per heavy atom. The molecule has 0 aliphatic carbocycles. The summed E-state index contributed by atoms with van der Waals surface area (Å²) in [7, 11) is 2.13. The Morgan fingerprint density at radius 2 is 1.78 bits per heavy atom. The standard InChI is InChI=1S/C26H34N4O2/c1-18-8-7-9-22(19(18)2)28-26(32)25(31)27-17-24(30-13-5-4-6-14-30)20-10-11-23-21(16-20)12-15-29(23)3/h7-11,16,24H,4-6,12-15,17H2,1-3H3,(H,27,31)(H,28,32)/t24-/m0/s1. The van der Waals surface area contributed by atoms with Crippen LogP contribution in [0.4, 0.5) is 11.4 Å². The Hall–Kier alpha value is -2.86. The van der Waals surface area contributed by atoms with Crippen LogP contribution in [-0.4, -0.2) is 49.9 Å². The predicted octanol–water partition coefficient (Wildman–Crippen LogP) is 3.58. The first-order valence-corrected chi connectivity index (χ1v) is 11.7. The fourth-order valence-corrected chi connectivity index (χ4v) is 4.82. The molecule has 6 heteroatoms. The van der Waals surface area contributed by atoms with Crippen molar-refractivity contribution < 1.29 is 9.59 Å². The lowest BCUT2D eigenvalue weighted by atomic mass is 9.98. The second-order valence-electron chi connectivity index (χ2n) is 9.08. The van der Waals surface area contributed by atoms with Crippen molar-refractivity contribution in [2.24, 2.45) is 0 Å². The van der Waals surface area contributed by atoms with Gasteiger partial charge in [0, 0.05) is 31.5 Å². The number of carbonyl (C=O) groups excluding carboxylic acids is 2. The van der Waals surface area contributed by atoms with E-state index in [2.05, 4.69) is 45.7 Å². The molecule has 2 aromatic rings. The summed E-state index contributed by atoms with van der Waals surface area (Å²) >= 11 is 0. The van der Waals surface area contributed by atoms with Crippen LogP contribution in [0.1, 0.15) is 47.6 Å². The molecule has 2 aromatic carbocycles. The molecule has 170 valence electrons. The molecule has 1 fully saturated rings. The van der Waals surface area contributed by atoms with E-state index in [1.54, 1.807) is 0 Å². The maximum absolute atomic E-state index is 12.6. The Labute approximate surface area is 191 Å². The zero-order valence-corrected chi connectivity index (χ0v) is 19.4. The molecule has 0 radical (unpaired) electrons. The third-order valence-corrected chi connectivity index (χ3v) is 6.96. The van der Waals surface area contributed by atoms with Gasteiger partial charge in [0.15, 0.2) is 0 Å². The summed E-state index contributed by atoms with van der Waals surface area (Å²) in [5.74, 6) is -1.21. The summed E-state index contributed by atoms with van der Waals surface area (Å²) in [5, 5.41) is 5.67. The summed E-state index contributed by atoms with van der Waals surface area (Å²) < 4.78 is 0. The van der Waals surface area contributed by atoms with Crippen molar-refractivity contribution in [1.29, 1.82) is 0 Å². The van der Waals surface area contributed by atoms with Gasteiger partial charge in [0.05, 0.1) is 6.04 Å². The molecule has 0 saturated carbocycles. The molecule has 2 heterocycles. The number of anilines is 2. The van der Waals surface area contributed by atoms with Crippen LogP contribution in [0, 0.1) is 13.8 Å². The second-order valence-corrected chi connectivity index (χ2v) is 9.08. The van der Waals surface area contributed by atoms with Crippen molar-refractivity contribution in [3.8, 4) is 0 Å². The molecule has 4 rings (SSSR count). The van der Waals surface area contributed by atoms with Gasteiger partial charge in [-0.1, -0.05) is 30.7 Å². The van der Waals surface area contributed by atoms with Crippen LogP contribution < -0.4 is 15.5 Å². The van der Waals surface area contributed by atoms with Crippen LogP contribution in [0.3, 0.4) is 0 Å². The zero-order chi connectivity index (χ0) is 22.7. The number of likely N-dealkylation sites (tertiary alicyclic amines) is 1. The molecular formula is C26H34N4O2. The van der Waals surface area contributed by atoms with E-state index in [-0.39, 0.29) is 6.04 Å². The summed E-state index contributed by atoms with van der Waals surface area (Å²) in [5.41, 5.74) is 6.62. The summed E-state index contributed by atoms with van der Waals surface area (Å²) in [6.07, 6.45) is 4.65. The number of hydrogen-bond donors (Lipinski definition) is 2. The first-order chi connectivity index (χ1) is 15.4. The van der Waals surface area contributed by atoms with Crippen molar-refractivity contribution >= 4 is 23.2 Å². The molecule has 32 heavy (non-hydrogen) atoms. The first kappa shape index (κ1) is 22.3. The fraction of sp³-hybridized carbons (Fsp3) is 0.462. The first-order valence-electron chi connectivity index (χ1n) is 11.7. The van der Waals surface area contributed by atoms with Gasteiger partial charge in [-0.15, -0.1) is 0 Å². The van der Waals surface area contributed by atoms with E-state index in [0.29, 0.717) is 12.2 Å². The normalized spacial score (nSPS) is 17.0. The molecule has 0 aromatic heterocycles. The minimum atomic E-state index is -0.619. The van der Waals surface area contributed by atoms with Crippen LogP contribution in [-0.2, 0) is 16.0 Å². The average molecular weight is 435 g/mol. The quantitative estimate of drug-likeness (QED) is 0.706. The highest BCUT2D eigenvalue weighted by atomic mass is 16.2. The monoisotopic (exact) mass is 434 g/mol. The fourth-order valence-electron chi connectivity index (χ4n) is 4.82. The van der Waals surface area contributed by atoms with Crippen LogP contribution in [0.25, 0.3) is 0 Å². The third-order valence-electron chi connectivity index (χ3n) is 6.96. The van der Waals surface area contributed by atoms with E-state index in [9.17, 15) is 9.59 Å². The zero-order valence-electron chi connectivity index (χ0n) is 19.4. The van der Waals surface area contributed by atoms with Crippen LogP contribution >= 0.6 is 0 Å². The molecule has 2 amide bonds. The summed E-state index contributed by atoms with van der Waals surface area (Å²) in [6.45, 7) is 7.44. The van der Waals surface area contributed by atoms with Gasteiger partial charge >= 0.3 is 11.8 Å². The smallest absolute Gasteiger partial charge is 0.313 e. The minimum Gasteiger partial charge on any atom is -0.374 e. The number of nitrogens with one attached hydrogen (secondary N) is 2.